The lowest BCUT2D eigenvalue weighted by atomic mass is 10.0. The average Bonchev–Trinajstić information content (AvgIpc) is 3.32. The summed E-state index contributed by atoms with van der Waals surface area (Å²) >= 11 is 0. The van der Waals surface area contributed by atoms with Gasteiger partial charge in [0.1, 0.15) is 16.7 Å². The molecule has 4 rings (SSSR count). The molecule has 0 radical (unpaired) electrons. The lowest BCUT2D eigenvalue weighted by Crippen LogP contribution is -2.55. The SMILES string of the molecule is CC#CC.[C-]#[N+]c1ccccc1S(=O)(=O)N1CCC2(CC1)OCCN2S(=O)(=O)c1ccccc1C#N. The minimum absolute atomic E-state index is 0.0422. The summed E-state index contributed by atoms with van der Waals surface area (Å²) in [6.45, 7) is 11.3. The van der Waals surface area contributed by atoms with Gasteiger partial charge in [0.15, 0.2) is 0 Å². The summed E-state index contributed by atoms with van der Waals surface area (Å²) in [5.74, 6) is 5.36. The third kappa shape index (κ3) is 5.15. The van der Waals surface area contributed by atoms with E-state index in [4.69, 9.17) is 11.3 Å². The molecule has 2 aliphatic heterocycles. The third-order valence-corrected chi connectivity index (χ3v) is 10.0. The summed E-state index contributed by atoms with van der Waals surface area (Å²) in [4.78, 5) is 3.15. The molecule has 0 N–H and O–H groups in total. The molecule has 1 spiro atoms. The number of hydrogen-bond donors (Lipinski definition) is 0. The summed E-state index contributed by atoms with van der Waals surface area (Å²) in [6, 6.07) is 13.9. The zero-order valence-corrected chi connectivity index (χ0v) is 21.6. The number of hydrogen-bond acceptors (Lipinski definition) is 6. The van der Waals surface area contributed by atoms with Crippen molar-refractivity contribution < 1.29 is 21.6 Å². The van der Waals surface area contributed by atoms with E-state index in [1.54, 1.807) is 24.3 Å². The number of rotatable bonds is 4. The van der Waals surface area contributed by atoms with Gasteiger partial charge in [0.05, 0.1) is 23.6 Å². The Bertz CT molecular complexity index is 1460. The van der Waals surface area contributed by atoms with Gasteiger partial charge in [0, 0.05) is 32.5 Å². The predicted octanol–water partition coefficient (Wildman–Crippen LogP) is 3.34. The number of nitriles is 1. The van der Waals surface area contributed by atoms with Crippen LogP contribution in [0.5, 0.6) is 0 Å². The minimum atomic E-state index is -4.03. The van der Waals surface area contributed by atoms with Gasteiger partial charge >= 0.3 is 0 Å². The molecule has 2 aromatic carbocycles. The van der Waals surface area contributed by atoms with Crippen LogP contribution in [-0.2, 0) is 24.8 Å². The first-order valence-corrected chi connectivity index (χ1v) is 14.0. The van der Waals surface area contributed by atoms with Crippen LogP contribution in [0.4, 0.5) is 5.69 Å². The molecular weight excluding hydrogens is 500 g/mol. The Hall–Kier alpha value is -3.24. The van der Waals surface area contributed by atoms with E-state index in [0.717, 1.165) is 0 Å². The molecule has 0 amide bonds. The second kappa shape index (κ2) is 11.2. The molecule has 0 aromatic heterocycles. The fourth-order valence-corrected chi connectivity index (χ4v) is 7.65. The van der Waals surface area contributed by atoms with Gasteiger partial charge in [-0.25, -0.2) is 21.7 Å². The number of benzene rings is 2. The Balaban J connectivity index is 0.000000840. The molecule has 0 bridgehead atoms. The fraction of sp³-hybridized carbons (Fsp3) is 0.360. The number of ether oxygens (including phenoxy) is 1. The van der Waals surface area contributed by atoms with Crippen LogP contribution in [0.1, 0.15) is 32.3 Å². The van der Waals surface area contributed by atoms with E-state index in [9.17, 15) is 22.1 Å². The molecule has 36 heavy (non-hydrogen) atoms. The highest BCUT2D eigenvalue weighted by Crippen LogP contribution is 2.40. The summed E-state index contributed by atoms with van der Waals surface area (Å²) < 4.78 is 61.5. The van der Waals surface area contributed by atoms with Crippen molar-refractivity contribution in [1.82, 2.24) is 8.61 Å². The molecule has 11 heteroatoms. The molecule has 2 aliphatic rings. The first-order chi connectivity index (χ1) is 17.2. The first kappa shape index (κ1) is 27.3. The smallest absolute Gasteiger partial charge is 0.246 e. The van der Waals surface area contributed by atoms with E-state index in [0.29, 0.717) is 0 Å². The van der Waals surface area contributed by atoms with Crippen molar-refractivity contribution in [2.45, 2.75) is 42.2 Å². The third-order valence-electron chi connectivity index (χ3n) is 6.05. The Morgan fingerprint density at radius 1 is 0.917 bits per heavy atom. The largest absolute Gasteiger partial charge is 0.358 e. The quantitative estimate of drug-likeness (QED) is 0.446. The standard InChI is InChI=1S/C21H20N4O5S2.C4H6/c1-23-18-7-3-5-9-20(18)31(26,27)24-12-10-21(11-13-24)25(14-15-30-21)32(28,29)19-8-4-2-6-17(19)16-22;1-3-4-2/h2-9H,10-15H2;1-2H3. The Morgan fingerprint density at radius 2 is 1.50 bits per heavy atom. The Labute approximate surface area is 212 Å². The van der Waals surface area contributed by atoms with Crippen LogP contribution in [0.3, 0.4) is 0 Å². The predicted molar refractivity (Wildman–Crippen MR) is 134 cm³/mol. The molecule has 2 saturated heterocycles. The van der Waals surface area contributed by atoms with Gasteiger partial charge in [-0.15, -0.1) is 11.8 Å². The maximum atomic E-state index is 13.4. The van der Waals surface area contributed by atoms with Gasteiger partial charge in [-0.2, -0.15) is 13.9 Å². The molecule has 188 valence electrons. The van der Waals surface area contributed by atoms with Crippen molar-refractivity contribution in [2.24, 2.45) is 0 Å². The lowest BCUT2D eigenvalue weighted by molar-refractivity contribution is -0.0806. The second-order valence-corrected chi connectivity index (χ2v) is 11.7. The molecular formula is C25H26N4O5S2. The zero-order chi connectivity index (χ0) is 26.4. The normalized spacial score (nSPS) is 17.7. The van der Waals surface area contributed by atoms with Gasteiger partial charge in [0.2, 0.25) is 25.7 Å². The summed E-state index contributed by atoms with van der Waals surface area (Å²) in [6.07, 6.45) is 0.279. The van der Waals surface area contributed by atoms with Crippen LogP contribution in [0.25, 0.3) is 4.85 Å². The van der Waals surface area contributed by atoms with Gasteiger partial charge in [0.25, 0.3) is 0 Å². The van der Waals surface area contributed by atoms with Crippen molar-refractivity contribution >= 4 is 25.7 Å². The van der Waals surface area contributed by atoms with Crippen molar-refractivity contribution in [2.75, 3.05) is 26.2 Å². The number of sulfonamides is 2. The zero-order valence-electron chi connectivity index (χ0n) is 20.0. The van der Waals surface area contributed by atoms with E-state index in [1.165, 1.54) is 32.9 Å². The Kier molecular flexibility index (Phi) is 8.52. The molecule has 2 heterocycles. The van der Waals surface area contributed by atoms with Crippen molar-refractivity contribution in [1.29, 1.82) is 5.26 Å². The van der Waals surface area contributed by atoms with Gasteiger partial charge < -0.3 is 4.74 Å². The maximum absolute atomic E-state index is 13.4. The van der Waals surface area contributed by atoms with Gasteiger partial charge in [-0.1, -0.05) is 36.4 Å². The molecule has 0 aliphatic carbocycles. The number of piperidine rings is 1. The first-order valence-electron chi connectivity index (χ1n) is 11.1. The number of para-hydroxylation sites is 1. The molecule has 0 unspecified atom stereocenters. The molecule has 0 atom stereocenters. The monoisotopic (exact) mass is 526 g/mol. The second-order valence-electron chi connectivity index (χ2n) is 7.96. The number of nitrogens with zero attached hydrogens (tertiary/aromatic N) is 4. The van der Waals surface area contributed by atoms with Crippen LogP contribution < -0.4 is 0 Å². The Morgan fingerprint density at radius 3 is 2.08 bits per heavy atom. The van der Waals surface area contributed by atoms with Crippen molar-refractivity contribution in [3.63, 3.8) is 0 Å². The van der Waals surface area contributed by atoms with Crippen LogP contribution in [0.2, 0.25) is 0 Å². The van der Waals surface area contributed by atoms with Crippen LogP contribution in [-0.4, -0.2) is 57.4 Å². The van der Waals surface area contributed by atoms with Crippen molar-refractivity contribution in [3.05, 3.63) is 65.5 Å². The van der Waals surface area contributed by atoms with E-state index in [-0.39, 0.29) is 60.1 Å². The molecule has 0 saturated carbocycles. The van der Waals surface area contributed by atoms with E-state index < -0.39 is 25.8 Å². The fourth-order valence-electron chi connectivity index (χ4n) is 4.21. The van der Waals surface area contributed by atoms with Crippen LogP contribution in [0, 0.1) is 29.7 Å². The highest BCUT2D eigenvalue weighted by atomic mass is 32.2. The van der Waals surface area contributed by atoms with E-state index in [2.05, 4.69) is 16.7 Å². The van der Waals surface area contributed by atoms with E-state index >= 15 is 0 Å². The summed E-state index contributed by atoms with van der Waals surface area (Å²) in [5.41, 5.74) is -1.08. The van der Waals surface area contributed by atoms with Crippen LogP contribution in [0.15, 0.2) is 58.3 Å². The highest BCUT2D eigenvalue weighted by molar-refractivity contribution is 7.89. The van der Waals surface area contributed by atoms with Gasteiger partial charge in [-0.05, 0) is 26.0 Å². The molecule has 9 nitrogen and oxygen atoms in total. The molecule has 2 fully saturated rings. The summed E-state index contributed by atoms with van der Waals surface area (Å²) in [7, 11) is -7.94. The van der Waals surface area contributed by atoms with E-state index in [1.807, 2.05) is 19.9 Å². The van der Waals surface area contributed by atoms with Crippen molar-refractivity contribution in [3.8, 4) is 17.9 Å². The molecule has 2 aromatic rings. The lowest BCUT2D eigenvalue weighted by Gasteiger charge is -2.42. The highest BCUT2D eigenvalue weighted by Gasteiger charge is 2.52. The minimum Gasteiger partial charge on any atom is -0.358 e. The maximum Gasteiger partial charge on any atom is 0.246 e. The topological polar surface area (TPSA) is 112 Å². The summed E-state index contributed by atoms with van der Waals surface area (Å²) in [5, 5.41) is 9.34. The average molecular weight is 527 g/mol. The van der Waals surface area contributed by atoms with Gasteiger partial charge in [-0.3, -0.25) is 0 Å². The van der Waals surface area contributed by atoms with Crippen LogP contribution >= 0.6 is 0 Å².